The number of aliphatic hydroxyl groups excluding tert-OH is 1. The molecular formula is C23H20FN3O4S. The van der Waals surface area contributed by atoms with Gasteiger partial charge in [0.15, 0.2) is 0 Å². The van der Waals surface area contributed by atoms with E-state index in [-0.39, 0.29) is 22.6 Å². The molecule has 1 aromatic heterocycles. The van der Waals surface area contributed by atoms with E-state index in [2.05, 4.69) is 10.2 Å². The van der Waals surface area contributed by atoms with Crippen molar-refractivity contribution in [3.8, 4) is 5.75 Å². The second-order valence-electron chi connectivity index (χ2n) is 7.52. The Bertz CT molecular complexity index is 1200. The number of ketones is 1. The number of halogens is 1. The lowest BCUT2D eigenvalue weighted by Crippen LogP contribution is -2.29. The monoisotopic (exact) mass is 453 g/mol. The maximum Gasteiger partial charge on any atom is 0.301 e. The van der Waals surface area contributed by atoms with Crippen LogP contribution in [0, 0.1) is 12.7 Å². The molecule has 0 bridgehead atoms. The third-order valence-electron chi connectivity index (χ3n) is 4.85. The van der Waals surface area contributed by atoms with Crippen LogP contribution in [0.4, 0.5) is 9.52 Å². The molecule has 4 rings (SSSR count). The van der Waals surface area contributed by atoms with Crippen molar-refractivity contribution in [2.24, 2.45) is 0 Å². The Labute approximate surface area is 187 Å². The number of aryl methyl sites for hydroxylation is 1. The Morgan fingerprint density at radius 1 is 1.09 bits per heavy atom. The van der Waals surface area contributed by atoms with Gasteiger partial charge in [-0.3, -0.25) is 14.5 Å². The largest absolute Gasteiger partial charge is 0.507 e. The fourth-order valence-electron chi connectivity index (χ4n) is 3.49. The number of amides is 1. The van der Waals surface area contributed by atoms with Gasteiger partial charge in [0.05, 0.1) is 17.7 Å². The molecule has 7 nitrogen and oxygen atoms in total. The number of ether oxygens (including phenoxy) is 1. The Morgan fingerprint density at radius 2 is 1.75 bits per heavy atom. The van der Waals surface area contributed by atoms with Crippen LogP contribution in [0.1, 0.15) is 36.0 Å². The molecule has 1 saturated heterocycles. The van der Waals surface area contributed by atoms with E-state index in [1.54, 1.807) is 31.2 Å². The number of nitrogens with zero attached hydrogens (tertiary/aromatic N) is 3. The summed E-state index contributed by atoms with van der Waals surface area (Å²) in [4.78, 5) is 27.2. The lowest BCUT2D eigenvalue weighted by molar-refractivity contribution is -0.132. The Morgan fingerprint density at radius 3 is 2.31 bits per heavy atom. The van der Waals surface area contributed by atoms with Crippen LogP contribution >= 0.6 is 11.3 Å². The maximum atomic E-state index is 13.6. The first-order valence-corrected chi connectivity index (χ1v) is 10.7. The van der Waals surface area contributed by atoms with Gasteiger partial charge in [0.1, 0.15) is 22.3 Å². The number of aliphatic hydroxyl groups is 1. The lowest BCUT2D eigenvalue weighted by Gasteiger charge is -2.22. The minimum absolute atomic E-state index is 0.0198. The van der Waals surface area contributed by atoms with E-state index in [9.17, 15) is 19.1 Å². The summed E-state index contributed by atoms with van der Waals surface area (Å²) in [5, 5.41) is 19.8. The molecule has 2 aromatic carbocycles. The first-order chi connectivity index (χ1) is 15.3. The number of carbonyl (C=O) groups excluding carboxylic acids is 2. The highest BCUT2D eigenvalue weighted by atomic mass is 32.1. The number of Topliss-reactive ketones (excluding diaryl/α,β-unsaturated/α-hetero) is 1. The summed E-state index contributed by atoms with van der Waals surface area (Å²) < 4.78 is 19.2. The molecule has 2 heterocycles. The van der Waals surface area contributed by atoms with Crippen LogP contribution in [0.15, 0.2) is 54.1 Å². The lowest BCUT2D eigenvalue weighted by atomic mass is 9.95. The highest BCUT2D eigenvalue weighted by Gasteiger charge is 2.48. The average Bonchev–Trinajstić information content (AvgIpc) is 3.29. The Kier molecular flexibility index (Phi) is 5.75. The van der Waals surface area contributed by atoms with Crippen molar-refractivity contribution in [2.75, 3.05) is 4.90 Å². The zero-order chi connectivity index (χ0) is 23.0. The summed E-state index contributed by atoms with van der Waals surface area (Å²) in [5.74, 6) is -1.88. The second-order valence-corrected chi connectivity index (χ2v) is 8.68. The van der Waals surface area contributed by atoms with Gasteiger partial charge in [-0.25, -0.2) is 4.39 Å². The molecule has 0 unspecified atom stereocenters. The number of rotatable bonds is 5. The number of hydrogen-bond donors (Lipinski definition) is 1. The van der Waals surface area contributed by atoms with E-state index in [0.29, 0.717) is 21.9 Å². The topological polar surface area (TPSA) is 92.6 Å². The van der Waals surface area contributed by atoms with E-state index >= 15 is 0 Å². The number of anilines is 1. The molecule has 3 aromatic rings. The molecule has 1 aliphatic rings. The van der Waals surface area contributed by atoms with Crippen molar-refractivity contribution in [1.82, 2.24) is 10.2 Å². The van der Waals surface area contributed by atoms with Crippen LogP contribution in [0.25, 0.3) is 5.76 Å². The fraction of sp³-hybridized carbons (Fsp3) is 0.217. The quantitative estimate of drug-likeness (QED) is 0.350. The SMILES string of the molecule is Cc1nnc(N2C(=O)C(=O)C(=C(O)c3ccc(OC(C)C)cc3)[C@@H]2c2ccc(F)cc2)s1. The summed E-state index contributed by atoms with van der Waals surface area (Å²) in [5.41, 5.74) is 0.700. The van der Waals surface area contributed by atoms with Crippen molar-refractivity contribution in [3.05, 3.63) is 76.1 Å². The Hall–Kier alpha value is -3.59. The first-order valence-electron chi connectivity index (χ1n) is 9.90. The van der Waals surface area contributed by atoms with E-state index in [0.717, 1.165) is 11.3 Å². The van der Waals surface area contributed by atoms with Crippen molar-refractivity contribution >= 4 is 33.9 Å². The van der Waals surface area contributed by atoms with Gasteiger partial charge < -0.3 is 9.84 Å². The van der Waals surface area contributed by atoms with Gasteiger partial charge in [-0.15, -0.1) is 10.2 Å². The maximum absolute atomic E-state index is 13.6. The number of carbonyl (C=O) groups is 2. The van der Waals surface area contributed by atoms with Crippen molar-refractivity contribution < 1.29 is 23.8 Å². The van der Waals surface area contributed by atoms with Gasteiger partial charge in [-0.1, -0.05) is 23.5 Å². The molecule has 0 saturated carbocycles. The van der Waals surface area contributed by atoms with Gasteiger partial charge in [0.25, 0.3) is 5.78 Å². The van der Waals surface area contributed by atoms with Crippen LogP contribution in [0.2, 0.25) is 0 Å². The summed E-state index contributed by atoms with van der Waals surface area (Å²) in [6.07, 6.45) is -0.0198. The normalized spacial score (nSPS) is 17.9. The van der Waals surface area contributed by atoms with Crippen LogP contribution < -0.4 is 9.64 Å². The fourth-order valence-corrected chi connectivity index (χ4v) is 4.21. The Balaban J connectivity index is 1.85. The smallest absolute Gasteiger partial charge is 0.301 e. The molecule has 1 aliphatic heterocycles. The third kappa shape index (κ3) is 3.99. The number of hydrogen-bond acceptors (Lipinski definition) is 7. The van der Waals surface area contributed by atoms with Gasteiger partial charge >= 0.3 is 5.91 Å². The molecule has 1 atom stereocenters. The van der Waals surface area contributed by atoms with Gasteiger partial charge in [0, 0.05) is 5.56 Å². The van der Waals surface area contributed by atoms with E-state index < -0.39 is 23.5 Å². The highest BCUT2D eigenvalue weighted by Crippen LogP contribution is 2.43. The summed E-state index contributed by atoms with van der Waals surface area (Å²) >= 11 is 1.15. The van der Waals surface area contributed by atoms with Crippen LogP contribution in [0.3, 0.4) is 0 Å². The molecule has 0 spiro atoms. The van der Waals surface area contributed by atoms with Gasteiger partial charge in [0.2, 0.25) is 5.13 Å². The predicted molar refractivity (Wildman–Crippen MR) is 118 cm³/mol. The van der Waals surface area contributed by atoms with Crippen LogP contribution in [-0.2, 0) is 9.59 Å². The molecule has 1 N–H and O–H groups in total. The summed E-state index contributed by atoms with van der Waals surface area (Å²) in [6, 6.07) is 11.0. The summed E-state index contributed by atoms with van der Waals surface area (Å²) in [7, 11) is 0. The number of benzene rings is 2. The standard InChI is InChI=1S/C23H20FN3O4S/c1-12(2)31-17-10-6-15(7-11-17)20(28)18-19(14-4-8-16(24)9-5-14)27(22(30)21(18)29)23-26-25-13(3)32-23/h4-12,19,28H,1-3H3/t19-/m0/s1. The first kappa shape index (κ1) is 21.6. The number of aromatic nitrogens is 2. The van der Waals surface area contributed by atoms with Crippen molar-refractivity contribution in [1.29, 1.82) is 0 Å². The van der Waals surface area contributed by atoms with Crippen molar-refractivity contribution in [2.45, 2.75) is 32.9 Å². The molecule has 1 amide bonds. The van der Waals surface area contributed by atoms with E-state index in [1.165, 1.54) is 29.2 Å². The predicted octanol–water partition coefficient (Wildman–Crippen LogP) is 4.40. The van der Waals surface area contributed by atoms with Gasteiger partial charge in [-0.05, 0) is 62.7 Å². The molecule has 9 heteroatoms. The minimum Gasteiger partial charge on any atom is -0.507 e. The van der Waals surface area contributed by atoms with Crippen molar-refractivity contribution in [3.63, 3.8) is 0 Å². The molecule has 1 fully saturated rings. The third-order valence-corrected chi connectivity index (χ3v) is 5.69. The van der Waals surface area contributed by atoms with Gasteiger partial charge in [-0.2, -0.15) is 0 Å². The molecule has 0 aliphatic carbocycles. The zero-order valence-electron chi connectivity index (χ0n) is 17.6. The zero-order valence-corrected chi connectivity index (χ0v) is 18.4. The van der Waals surface area contributed by atoms with Crippen LogP contribution in [0.5, 0.6) is 5.75 Å². The molecule has 32 heavy (non-hydrogen) atoms. The molecule has 164 valence electrons. The molecule has 0 radical (unpaired) electrons. The molecular weight excluding hydrogens is 433 g/mol. The van der Waals surface area contributed by atoms with E-state index in [1.807, 2.05) is 13.8 Å². The van der Waals surface area contributed by atoms with E-state index in [4.69, 9.17) is 4.74 Å². The summed E-state index contributed by atoms with van der Waals surface area (Å²) in [6.45, 7) is 5.52. The van der Waals surface area contributed by atoms with Crippen LogP contribution in [-0.4, -0.2) is 33.1 Å². The highest BCUT2D eigenvalue weighted by molar-refractivity contribution is 7.15. The minimum atomic E-state index is -0.977. The second kappa shape index (κ2) is 8.51. The average molecular weight is 453 g/mol.